The third-order valence-electron chi connectivity index (χ3n) is 3.13. The van der Waals surface area contributed by atoms with Crippen LogP contribution in [0.5, 0.6) is 0 Å². The molecule has 1 aliphatic heterocycles. The van der Waals surface area contributed by atoms with Gasteiger partial charge in [0.15, 0.2) is 0 Å². The molecular formula is C12H14F2O2. The highest BCUT2D eigenvalue weighted by atomic mass is 19.1. The molecule has 1 aliphatic rings. The Kier molecular flexibility index (Phi) is 3.21. The van der Waals surface area contributed by atoms with Crippen molar-refractivity contribution < 1.29 is 18.6 Å². The Balaban J connectivity index is 2.25. The molecule has 1 atom stereocenters. The average molecular weight is 228 g/mol. The van der Waals surface area contributed by atoms with Crippen molar-refractivity contribution in [2.45, 2.75) is 12.8 Å². The second-order valence-electron chi connectivity index (χ2n) is 4.34. The van der Waals surface area contributed by atoms with Gasteiger partial charge in [0.25, 0.3) is 0 Å². The van der Waals surface area contributed by atoms with Gasteiger partial charge in [-0.25, -0.2) is 8.78 Å². The molecule has 0 aliphatic carbocycles. The molecule has 0 bridgehead atoms. The zero-order valence-corrected chi connectivity index (χ0v) is 8.88. The van der Waals surface area contributed by atoms with Crippen LogP contribution in [0.2, 0.25) is 0 Å². The highest BCUT2D eigenvalue weighted by molar-refractivity contribution is 5.21. The number of aliphatic hydroxyl groups excluding tert-OH is 1. The summed E-state index contributed by atoms with van der Waals surface area (Å²) in [6.45, 7) is 0.786. The highest BCUT2D eigenvalue weighted by Crippen LogP contribution is 2.33. The minimum absolute atomic E-state index is 0.0436. The van der Waals surface area contributed by atoms with Crippen LogP contribution in [0.15, 0.2) is 18.2 Å². The number of rotatable bonds is 3. The SMILES string of the molecule is OCC1(Cc2c(F)cccc2F)CCOC1. The summed E-state index contributed by atoms with van der Waals surface area (Å²) in [6.07, 6.45) is 0.819. The zero-order valence-electron chi connectivity index (χ0n) is 8.88. The Hall–Kier alpha value is -1.00. The Morgan fingerprint density at radius 2 is 2.00 bits per heavy atom. The number of hydrogen-bond donors (Lipinski definition) is 1. The minimum atomic E-state index is -0.556. The monoisotopic (exact) mass is 228 g/mol. The van der Waals surface area contributed by atoms with Crippen LogP contribution in [-0.2, 0) is 11.2 Å². The number of benzene rings is 1. The Morgan fingerprint density at radius 1 is 1.31 bits per heavy atom. The molecule has 0 saturated carbocycles. The number of hydrogen-bond acceptors (Lipinski definition) is 2. The van der Waals surface area contributed by atoms with Crippen LogP contribution in [0.3, 0.4) is 0 Å². The van der Waals surface area contributed by atoms with Crippen LogP contribution >= 0.6 is 0 Å². The van der Waals surface area contributed by atoms with E-state index in [1.165, 1.54) is 18.2 Å². The molecular weight excluding hydrogens is 214 g/mol. The van der Waals surface area contributed by atoms with E-state index in [0.717, 1.165) is 0 Å². The first-order valence-electron chi connectivity index (χ1n) is 5.28. The van der Waals surface area contributed by atoms with Gasteiger partial charge in [-0.05, 0) is 25.0 Å². The fourth-order valence-electron chi connectivity index (χ4n) is 2.05. The van der Waals surface area contributed by atoms with Crippen molar-refractivity contribution in [1.29, 1.82) is 0 Å². The van der Waals surface area contributed by atoms with E-state index in [1.54, 1.807) is 0 Å². The molecule has 1 heterocycles. The van der Waals surface area contributed by atoms with Gasteiger partial charge >= 0.3 is 0 Å². The molecule has 2 rings (SSSR count). The normalized spacial score (nSPS) is 24.9. The van der Waals surface area contributed by atoms with Gasteiger partial charge in [-0.15, -0.1) is 0 Å². The molecule has 2 nitrogen and oxygen atoms in total. The largest absolute Gasteiger partial charge is 0.396 e. The Morgan fingerprint density at radius 3 is 2.50 bits per heavy atom. The molecule has 1 unspecified atom stereocenters. The fraction of sp³-hybridized carbons (Fsp3) is 0.500. The van der Waals surface area contributed by atoms with Gasteiger partial charge in [-0.3, -0.25) is 0 Å². The second kappa shape index (κ2) is 4.47. The topological polar surface area (TPSA) is 29.5 Å². The lowest BCUT2D eigenvalue weighted by atomic mass is 9.81. The van der Waals surface area contributed by atoms with Gasteiger partial charge in [-0.2, -0.15) is 0 Å². The van der Waals surface area contributed by atoms with E-state index in [-0.39, 0.29) is 18.6 Å². The standard InChI is InChI=1S/C12H14F2O2/c13-10-2-1-3-11(14)9(10)6-12(7-15)4-5-16-8-12/h1-3,15H,4-8H2. The van der Waals surface area contributed by atoms with Gasteiger partial charge < -0.3 is 9.84 Å². The maximum absolute atomic E-state index is 13.4. The molecule has 1 saturated heterocycles. The maximum atomic E-state index is 13.4. The molecule has 1 aromatic rings. The first-order chi connectivity index (χ1) is 7.67. The van der Waals surface area contributed by atoms with Crippen LogP contribution in [0.25, 0.3) is 0 Å². The second-order valence-corrected chi connectivity index (χ2v) is 4.34. The van der Waals surface area contributed by atoms with Crippen LogP contribution in [0, 0.1) is 17.0 Å². The molecule has 16 heavy (non-hydrogen) atoms. The van der Waals surface area contributed by atoms with Crippen LogP contribution in [0.4, 0.5) is 8.78 Å². The van der Waals surface area contributed by atoms with Crippen molar-refractivity contribution >= 4 is 0 Å². The summed E-state index contributed by atoms with van der Waals surface area (Å²) in [7, 11) is 0. The van der Waals surface area contributed by atoms with Crippen molar-refractivity contribution in [1.82, 2.24) is 0 Å². The predicted molar refractivity (Wildman–Crippen MR) is 55.0 cm³/mol. The molecule has 88 valence electrons. The fourth-order valence-corrected chi connectivity index (χ4v) is 2.05. The molecule has 0 spiro atoms. The summed E-state index contributed by atoms with van der Waals surface area (Å²) in [4.78, 5) is 0. The zero-order chi connectivity index (χ0) is 11.6. The molecule has 0 aromatic heterocycles. The van der Waals surface area contributed by atoms with E-state index in [2.05, 4.69) is 0 Å². The van der Waals surface area contributed by atoms with Gasteiger partial charge in [0.2, 0.25) is 0 Å². The number of aliphatic hydroxyl groups is 1. The minimum Gasteiger partial charge on any atom is -0.396 e. The van der Waals surface area contributed by atoms with Crippen molar-refractivity contribution in [2.24, 2.45) is 5.41 Å². The van der Waals surface area contributed by atoms with E-state index in [0.29, 0.717) is 19.6 Å². The molecule has 4 heteroatoms. The third kappa shape index (κ3) is 2.08. The summed E-state index contributed by atoms with van der Waals surface area (Å²) in [6, 6.07) is 3.81. The molecule has 1 N–H and O–H groups in total. The maximum Gasteiger partial charge on any atom is 0.129 e. The first-order valence-corrected chi connectivity index (χ1v) is 5.28. The summed E-state index contributed by atoms with van der Waals surface area (Å²) < 4.78 is 32.1. The van der Waals surface area contributed by atoms with Crippen LogP contribution in [0.1, 0.15) is 12.0 Å². The lowest BCUT2D eigenvalue weighted by Gasteiger charge is -2.24. The summed E-state index contributed by atoms with van der Waals surface area (Å²) in [5.41, 5.74) is -0.481. The molecule has 1 aromatic carbocycles. The van der Waals surface area contributed by atoms with Crippen molar-refractivity contribution in [3.8, 4) is 0 Å². The third-order valence-corrected chi connectivity index (χ3v) is 3.13. The summed E-state index contributed by atoms with van der Waals surface area (Å²) in [5, 5.41) is 9.33. The van der Waals surface area contributed by atoms with Crippen LogP contribution in [-0.4, -0.2) is 24.9 Å². The highest BCUT2D eigenvalue weighted by Gasteiger charge is 2.36. The van der Waals surface area contributed by atoms with Gasteiger partial charge in [0, 0.05) is 17.6 Å². The number of halogens is 2. The smallest absolute Gasteiger partial charge is 0.129 e. The predicted octanol–water partition coefficient (Wildman–Crippen LogP) is 1.91. The van der Waals surface area contributed by atoms with Crippen molar-refractivity contribution in [3.63, 3.8) is 0 Å². The average Bonchev–Trinajstić information content (AvgIpc) is 2.73. The lowest BCUT2D eigenvalue weighted by Crippen LogP contribution is -2.29. The van der Waals surface area contributed by atoms with E-state index < -0.39 is 17.0 Å². The molecule has 0 radical (unpaired) electrons. The van der Waals surface area contributed by atoms with E-state index in [1.807, 2.05) is 0 Å². The quantitative estimate of drug-likeness (QED) is 0.856. The van der Waals surface area contributed by atoms with Crippen LogP contribution < -0.4 is 0 Å². The van der Waals surface area contributed by atoms with Gasteiger partial charge in [0.05, 0.1) is 13.2 Å². The van der Waals surface area contributed by atoms with E-state index in [4.69, 9.17) is 4.74 Å². The molecule has 0 amide bonds. The Labute approximate surface area is 92.9 Å². The Bertz CT molecular complexity index is 353. The van der Waals surface area contributed by atoms with E-state index >= 15 is 0 Å². The number of ether oxygens (including phenoxy) is 1. The summed E-state index contributed by atoms with van der Waals surface area (Å²) >= 11 is 0. The first kappa shape index (κ1) is 11.5. The van der Waals surface area contributed by atoms with Crippen molar-refractivity contribution in [2.75, 3.05) is 19.8 Å². The summed E-state index contributed by atoms with van der Waals surface area (Å²) in [5.74, 6) is -1.11. The molecule has 1 fully saturated rings. The van der Waals surface area contributed by atoms with Crippen molar-refractivity contribution in [3.05, 3.63) is 35.4 Å². The lowest BCUT2D eigenvalue weighted by molar-refractivity contribution is 0.0921. The van der Waals surface area contributed by atoms with Gasteiger partial charge in [0.1, 0.15) is 11.6 Å². The van der Waals surface area contributed by atoms with E-state index in [9.17, 15) is 13.9 Å². The van der Waals surface area contributed by atoms with Gasteiger partial charge in [-0.1, -0.05) is 6.07 Å².